The van der Waals surface area contributed by atoms with Crippen LogP contribution in [0.25, 0.3) is 0 Å². The van der Waals surface area contributed by atoms with Gasteiger partial charge in [-0.2, -0.15) is 0 Å². The molecular weight excluding hydrogens is 144 g/mol. The lowest BCUT2D eigenvalue weighted by molar-refractivity contribution is 0.299. The number of aromatic amines is 1. The lowest BCUT2D eigenvalue weighted by Crippen LogP contribution is -2.15. The van der Waals surface area contributed by atoms with Crippen LogP contribution in [0.2, 0.25) is 0 Å². The Balaban J connectivity index is 3.00. The molecule has 4 nitrogen and oxygen atoms in total. The molecule has 0 spiro atoms. The first-order valence-corrected chi connectivity index (χ1v) is 3.39. The number of aromatic nitrogens is 2. The van der Waals surface area contributed by atoms with Crippen LogP contribution >= 0.6 is 0 Å². The minimum absolute atomic E-state index is 0.0200. The third-order valence-corrected chi connectivity index (χ3v) is 1.38. The summed E-state index contributed by atoms with van der Waals surface area (Å²) in [5.41, 5.74) is 0.365. The molecule has 0 aliphatic rings. The van der Waals surface area contributed by atoms with Gasteiger partial charge >= 0.3 is 0 Å². The standard InChI is InChI=1S/C7H10N2O2/c1-5-8-4-6(2-3-10)7(11)9-5/h4,10H,2-3H2,1H3,(H,8,9,11). The van der Waals surface area contributed by atoms with Crippen molar-refractivity contribution in [3.8, 4) is 0 Å². The summed E-state index contributed by atoms with van der Waals surface area (Å²) in [7, 11) is 0. The van der Waals surface area contributed by atoms with Crippen LogP contribution < -0.4 is 5.56 Å². The maximum Gasteiger partial charge on any atom is 0.254 e. The van der Waals surface area contributed by atoms with Gasteiger partial charge in [-0.15, -0.1) is 0 Å². The number of nitrogens with one attached hydrogen (secondary N) is 1. The van der Waals surface area contributed by atoms with E-state index in [-0.39, 0.29) is 12.2 Å². The van der Waals surface area contributed by atoms with Gasteiger partial charge in [-0.1, -0.05) is 0 Å². The summed E-state index contributed by atoms with van der Waals surface area (Å²) in [6.07, 6.45) is 1.85. The highest BCUT2D eigenvalue weighted by atomic mass is 16.3. The van der Waals surface area contributed by atoms with Crippen LogP contribution in [0.15, 0.2) is 11.0 Å². The second kappa shape index (κ2) is 3.30. The summed E-state index contributed by atoms with van der Waals surface area (Å²) >= 11 is 0. The number of aliphatic hydroxyl groups excluding tert-OH is 1. The quantitative estimate of drug-likeness (QED) is 0.609. The van der Waals surface area contributed by atoms with Crippen LogP contribution in [-0.2, 0) is 6.42 Å². The van der Waals surface area contributed by atoms with E-state index in [1.807, 2.05) is 0 Å². The first-order chi connectivity index (χ1) is 5.24. The number of hydrogen-bond acceptors (Lipinski definition) is 3. The fourth-order valence-electron chi connectivity index (χ4n) is 0.809. The van der Waals surface area contributed by atoms with Crippen LogP contribution in [0, 0.1) is 6.92 Å². The van der Waals surface area contributed by atoms with Crippen molar-refractivity contribution in [2.75, 3.05) is 6.61 Å². The maximum absolute atomic E-state index is 11.0. The Labute approximate surface area is 63.9 Å². The van der Waals surface area contributed by atoms with E-state index in [1.54, 1.807) is 6.92 Å². The SMILES string of the molecule is Cc1ncc(CCO)c(=O)[nH]1. The van der Waals surface area contributed by atoms with Crippen molar-refractivity contribution in [3.05, 3.63) is 27.9 Å². The summed E-state index contributed by atoms with van der Waals surface area (Å²) in [6.45, 7) is 1.69. The molecule has 0 unspecified atom stereocenters. The Hall–Kier alpha value is -1.16. The van der Waals surface area contributed by atoms with E-state index in [9.17, 15) is 4.79 Å². The van der Waals surface area contributed by atoms with E-state index in [0.29, 0.717) is 17.8 Å². The molecule has 1 rings (SSSR count). The molecule has 0 aromatic carbocycles. The van der Waals surface area contributed by atoms with Crippen molar-refractivity contribution < 1.29 is 5.11 Å². The minimum atomic E-state index is -0.161. The molecule has 0 aliphatic heterocycles. The summed E-state index contributed by atoms with van der Waals surface area (Å²) in [5, 5.41) is 8.53. The zero-order chi connectivity index (χ0) is 8.27. The molecule has 60 valence electrons. The molecule has 4 heteroatoms. The highest BCUT2D eigenvalue weighted by molar-refractivity contribution is 5.05. The summed E-state index contributed by atoms with van der Waals surface area (Å²) < 4.78 is 0. The molecule has 0 saturated heterocycles. The molecule has 1 heterocycles. The predicted molar refractivity (Wildman–Crippen MR) is 40.4 cm³/mol. The molecule has 2 N–H and O–H groups in total. The van der Waals surface area contributed by atoms with Crippen molar-refractivity contribution in [2.24, 2.45) is 0 Å². The monoisotopic (exact) mass is 154 g/mol. The fourth-order valence-corrected chi connectivity index (χ4v) is 0.809. The molecule has 1 aromatic heterocycles. The van der Waals surface area contributed by atoms with Gasteiger partial charge in [0.25, 0.3) is 5.56 Å². The van der Waals surface area contributed by atoms with Gasteiger partial charge in [0, 0.05) is 24.8 Å². The first kappa shape index (κ1) is 7.94. The largest absolute Gasteiger partial charge is 0.396 e. The number of H-pyrrole nitrogens is 1. The van der Waals surface area contributed by atoms with Crippen LogP contribution in [0.3, 0.4) is 0 Å². The zero-order valence-corrected chi connectivity index (χ0v) is 6.29. The average Bonchev–Trinajstić information content (AvgIpc) is 1.95. The summed E-state index contributed by atoms with van der Waals surface area (Å²) in [5.74, 6) is 0.594. The Morgan fingerprint density at radius 1 is 1.73 bits per heavy atom. The Kier molecular flexibility index (Phi) is 2.38. The highest BCUT2D eigenvalue weighted by Crippen LogP contribution is 1.88. The van der Waals surface area contributed by atoms with Crippen LogP contribution in [0.1, 0.15) is 11.4 Å². The van der Waals surface area contributed by atoms with Gasteiger partial charge in [0.15, 0.2) is 0 Å². The summed E-state index contributed by atoms with van der Waals surface area (Å²) in [4.78, 5) is 17.5. The topological polar surface area (TPSA) is 66.0 Å². The van der Waals surface area contributed by atoms with Gasteiger partial charge in [-0.3, -0.25) is 4.79 Å². The van der Waals surface area contributed by atoms with Crippen molar-refractivity contribution in [2.45, 2.75) is 13.3 Å². The molecule has 0 amide bonds. The van der Waals surface area contributed by atoms with Crippen molar-refractivity contribution >= 4 is 0 Å². The molecule has 0 bridgehead atoms. The molecule has 0 fully saturated rings. The van der Waals surface area contributed by atoms with Gasteiger partial charge in [0.2, 0.25) is 0 Å². The normalized spacial score (nSPS) is 10.0. The number of rotatable bonds is 2. The number of aryl methyl sites for hydroxylation is 1. The molecule has 1 aromatic rings. The molecule has 0 radical (unpaired) electrons. The molecule has 0 aliphatic carbocycles. The molecule has 11 heavy (non-hydrogen) atoms. The second-order valence-corrected chi connectivity index (χ2v) is 2.30. The Morgan fingerprint density at radius 3 is 3.00 bits per heavy atom. The lowest BCUT2D eigenvalue weighted by atomic mass is 10.2. The van der Waals surface area contributed by atoms with E-state index < -0.39 is 0 Å². The fraction of sp³-hybridized carbons (Fsp3) is 0.429. The minimum Gasteiger partial charge on any atom is -0.396 e. The van der Waals surface area contributed by atoms with E-state index in [2.05, 4.69) is 9.97 Å². The third-order valence-electron chi connectivity index (χ3n) is 1.38. The Bertz CT molecular complexity index is 293. The second-order valence-electron chi connectivity index (χ2n) is 2.30. The van der Waals surface area contributed by atoms with Gasteiger partial charge in [-0.25, -0.2) is 4.98 Å². The Morgan fingerprint density at radius 2 is 2.45 bits per heavy atom. The lowest BCUT2D eigenvalue weighted by Gasteiger charge is -1.95. The van der Waals surface area contributed by atoms with Crippen molar-refractivity contribution in [1.29, 1.82) is 0 Å². The van der Waals surface area contributed by atoms with Crippen LogP contribution in [-0.4, -0.2) is 21.7 Å². The van der Waals surface area contributed by atoms with Crippen LogP contribution in [0.5, 0.6) is 0 Å². The number of nitrogens with zero attached hydrogens (tertiary/aromatic N) is 1. The first-order valence-electron chi connectivity index (χ1n) is 3.39. The molecular formula is C7H10N2O2. The predicted octanol–water partition coefficient (Wildman–Crippen LogP) is -0.387. The molecule has 0 saturated carbocycles. The van der Waals surface area contributed by atoms with Crippen molar-refractivity contribution in [3.63, 3.8) is 0 Å². The van der Waals surface area contributed by atoms with Crippen molar-refractivity contribution in [1.82, 2.24) is 9.97 Å². The number of aliphatic hydroxyl groups is 1. The van der Waals surface area contributed by atoms with E-state index >= 15 is 0 Å². The van der Waals surface area contributed by atoms with Gasteiger partial charge < -0.3 is 10.1 Å². The van der Waals surface area contributed by atoms with E-state index in [1.165, 1.54) is 6.20 Å². The smallest absolute Gasteiger partial charge is 0.254 e. The highest BCUT2D eigenvalue weighted by Gasteiger charge is 1.97. The van der Waals surface area contributed by atoms with Gasteiger partial charge in [0.05, 0.1) is 0 Å². The van der Waals surface area contributed by atoms with Gasteiger partial charge in [-0.05, 0) is 6.92 Å². The zero-order valence-electron chi connectivity index (χ0n) is 6.29. The van der Waals surface area contributed by atoms with Gasteiger partial charge in [0.1, 0.15) is 5.82 Å². The molecule has 0 atom stereocenters. The number of hydrogen-bond donors (Lipinski definition) is 2. The van der Waals surface area contributed by atoms with E-state index in [0.717, 1.165) is 0 Å². The maximum atomic E-state index is 11.0. The summed E-state index contributed by atoms with van der Waals surface area (Å²) in [6, 6.07) is 0. The average molecular weight is 154 g/mol. The van der Waals surface area contributed by atoms with Crippen LogP contribution in [0.4, 0.5) is 0 Å². The van der Waals surface area contributed by atoms with E-state index in [4.69, 9.17) is 5.11 Å². The third kappa shape index (κ3) is 1.88.